The van der Waals surface area contributed by atoms with Crippen molar-refractivity contribution in [2.45, 2.75) is 50.7 Å². The van der Waals surface area contributed by atoms with Crippen molar-refractivity contribution in [2.75, 3.05) is 13.7 Å². The Bertz CT molecular complexity index is 631. The van der Waals surface area contributed by atoms with E-state index in [0.717, 1.165) is 25.7 Å². The number of amides is 1. The fraction of sp³-hybridized carbons (Fsp3) is 0.706. The van der Waals surface area contributed by atoms with E-state index in [1.807, 2.05) is 0 Å². The molecule has 132 valence electrons. The summed E-state index contributed by atoms with van der Waals surface area (Å²) in [5.41, 5.74) is 6.18. The van der Waals surface area contributed by atoms with Gasteiger partial charge in [-0.2, -0.15) is 5.10 Å². The zero-order valence-electron chi connectivity index (χ0n) is 14.1. The Hall–Kier alpha value is -1.73. The van der Waals surface area contributed by atoms with Crippen molar-refractivity contribution in [2.24, 2.45) is 17.6 Å². The maximum Gasteiger partial charge on any atom is 0.271 e. The Morgan fingerprint density at radius 1 is 1.38 bits per heavy atom. The van der Waals surface area contributed by atoms with Crippen molar-refractivity contribution in [3.63, 3.8) is 0 Å². The first kappa shape index (κ1) is 17.1. The number of fused-ring (bicyclic) bond motifs is 2. The maximum absolute atomic E-state index is 12.6. The number of carbonyl (C=O) groups is 1. The van der Waals surface area contributed by atoms with Gasteiger partial charge in [0.1, 0.15) is 5.69 Å². The predicted molar refractivity (Wildman–Crippen MR) is 89.7 cm³/mol. The van der Waals surface area contributed by atoms with Crippen LogP contribution in [0.5, 0.6) is 0 Å². The van der Waals surface area contributed by atoms with Gasteiger partial charge in [-0.1, -0.05) is 6.42 Å². The second kappa shape index (κ2) is 7.44. The molecular weight excluding hydrogens is 308 g/mol. The molecule has 1 aromatic rings. The number of hydrogen-bond donors (Lipinski definition) is 2. The van der Waals surface area contributed by atoms with Crippen LogP contribution >= 0.6 is 0 Å². The number of ether oxygens (including phenoxy) is 1. The average Bonchev–Trinajstić information content (AvgIpc) is 2.55. The SMILES string of the molecule is COCCn1nc(C(=O)NC2C3CCCC2CC(N)C3)ccc1=O. The molecular formula is C17H26N4O3. The number of nitrogens with zero attached hydrogens (tertiary/aromatic N) is 2. The molecule has 3 N–H and O–H groups in total. The van der Waals surface area contributed by atoms with Gasteiger partial charge in [0.05, 0.1) is 13.2 Å². The number of rotatable bonds is 5. The molecule has 2 fully saturated rings. The zero-order valence-corrected chi connectivity index (χ0v) is 14.1. The minimum atomic E-state index is -0.232. The summed E-state index contributed by atoms with van der Waals surface area (Å²) in [7, 11) is 1.56. The largest absolute Gasteiger partial charge is 0.383 e. The summed E-state index contributed by atoms with van der Waals surface area (Å²) < 4.78 is 6.24. The molecule has 2 aliphatic rings. The highest BCUT2D eigenvalue weighted by Crippen LogP contribution is 2.39. The maximum atomic E-state index is 12.6. The Kier molecular flexibility index (Phi) is 5.30. The average molecular weight is 334 g/mol. The smallest absolute Gasteiger partial charge is 0.271 e. The molecule has 24 heavy (non-hydrogen) atoms. The number of nitrogens with one attached hydrogen (secondary N) is 1. The topological polar surface area (TPSA) is 99.2 Å². The lowest BCUT2D eigenvalue weighted by Gasteiger charge is -2.45. The van der Waals surface area contributed by atoms with Crippen molar-refractivity contribution < 1.29 is 9.53 Å². The standard InChI is InChI=1S/C17H26N4O3/c1-24-8-7-21-15(22)6-5-14(20-21)17(23)19-16-11-3-2-4-12(16)10-13(18)9-11/h5-6,11-13,16H,2-4,7-10,18H2,1H3,(H,19,23). The second-order valence-corrected chi connectivity index (χ2v) is 6.95. The van der Waals surface area contributed by atoms with Gasteiger partial charge in [0.2, 0.25) is 0 Å². The molecule has 7 heteroatoms. The number of nitrogens with two attached hydrogens (primary N) is 1. The van der Waals surface area contributed by atoms with Crippen LogP contribution in [0, 0.1) is 11.8 Å². The van der Waals surface area contributed by atoms with Gasteiger partial charge in [0, 0.05) is 25.3 Å². The highest BCUT2D eigenvalue weighted by Gasteiger charge is 2.40. The predicted octanol–water partition coefficient (Wildman–Crippen LogP) is 0.526. The molecule has 1 aromatic heterocycles. The van der Waals surface area contributed by atoms with E-state index >= 15 is 0 Å². The molecule has 0 saturated heterocycles. The molecule has 2 aliphatic carbocycles. The minimum Gasteiger partial charge on any atom is -0.383 e. The minimum absolute atomic E-state index is 0.173. The lowest BCUT2D eigenvalue weighted by atomic mass is 9.67. The summed E-state index contributed by atoms with van der Waals surface area (Å²) in [5.74, 6) is 0.699. The summed E-state index contributed by atoms with van der Waals surface area (Å²) in [5, 5.41) is 7.33. The Labute approximate surface area is 141 Å². The number of methoxy groups -OCH3 is 1. The number of carbonyl (C=O) groups excluding carboxylic acids is 1. The summed E-state index contributed by atoms with van der Waals surface area (Å²) in [4.78, 5) is 24.4. The van der Waals surface area contributed by atoms with Crippen LogP contribution in [0.1, 0.15) is 42.6 Å². The molecule has 0 spiro atoms. The van der Waals surface area contributed by atoms with E-state index in [-0.39, 0.29) is 29.2 Å². The van der Waals surface area contributed by atoms with Crippen LogP contribution in [0.3, 0.4) is 0 Å². The van der Waals surface area contributed by atoms with E-state index in [0.29, 0.717) is 25.0 Å². The number of hydrogen-bond acceptors (Lipinski definition) is 5. The molecule has 0 radical (unpaired) electrons. The van der Waals surface area contributed by atoms with Crippen LogP contribution in [0.15, 0.2) is 16.9 Å². The van der Waals surface area contributed by atoms with Crippen molar-refractivity contribution in [1.82, 2.24) is 15.1 Å². The quantitative estimate of drug-likeness (QED) is 0.818. The van der Waals surface area contributed by atoms with Gasteiger partial charge in [0.15, 0.2) is 0 Å². The molecule has 1 amide bonds. The van der Waals surface area contributed by atoms with Crippen LogP contribution < -0.4 is 16.6 Å². The van der Waals surface area contributed by atoms with E-state index in [1.54, 1.807) is 7.11 Å². The summed E-state index contributed by atoms with van der Waals surface area (Å²) in [6.45, 7) is 0.711. The highest BCUT2D eigenvalue weighted by atomic mass is 16.5. The van der Waals surface area contributed by atoms with Crippen molar-refractivity contribution in [3.05, 3.63) is 28.2 Å². The zero-order chi connectivity index (χ0) is 17.1. The van der Waals surface area contributed by atoms with Crippen LogP contribution in [0.2, 0.25) is 0 Å². The molecule has 1 heterocycles. The van der Waals surface area contributed by atoms with Gasteiger partial charge in [-0.05, 0) is 43.6 Å². The van der Waals surface area contributed by atoms with Crippen molar-refractivity contribution >= 4 is 5.91 Å². The van der Waals surface area contributed by atoms with Crippen LogP contribution in [0.4, 0.5) is 0 Å². The second-order valence-electron chi connectivity index (χ2n) is 6.95. The van der Waals surface area contributed by atoms with Gasteiger partial charge in [0.25, 0.3) is 11.5 Å². The highest BCUT2D eigenvalue weighted by molar-refractivity contribution is 5.92. The number of aromatic nitrogens is 2. The summed E-state index contributed by atoms with van der Waals surface area (Å²) in [6, 6.07) is 3.30. The van der Waals surface area contributed by atoms with E-state index in [9.17, 15) is 9.59 Å². The van der Waals surface area contributed by atoms with Crippen LogP contribution in [-0.2, 0) is 11.3 Å². The molecule has 2 atom stereocenters. The first-order valence-corrected chi connectivity index (χ1v) is 8.72. The van der Waals surface area contributed by atoms with Gasteiger partial charge >= 0.3 is 0 Å². The first-order valence-electron chi connectivity index (χ1n) is 8.72. The molecule has 7 nitrogen and oxygen atoms in total. The van der Waals surface area contributed by atoms with Crippen molar-refractivity contribution in [1.29, 1.82) is 0 Å². The fourth-order valence-electron chi connectivity index (χ4n) is 4.16. The summed E-state index contributed by atoms with van der Waals surface area (Å²) >= 11 is 0. The van der Waals surface area contributed by atoms with Crippen molar-refractivity contribution in [3.8, 4) is 0 Å². The third-order valence-corrected chi connectivity index (χ3v) is 5.28. The Morgan fingerprint density at radius 3 is 2.75 bits per heavy atom. The van der Waals surface area contributed by atoms with E-state index < -0.39 is 0 Å². The third-order valence-electron chi connectivity index (χ3n) is 5.28. The summed E-state index contributed by atoms with van der Waals surface area (Å²) in [6.07, 6.45) is 5.41. The molecule has 2 unspecified atom stereocenters. The van der Waals surface area contributed by atoms with E-state index in [1.165, 1.54) is 23.2 Å². The molecule has 2 saturated carbocycles. The van der Waals surface area contributed by atoms with E-state index in [4.69, 9.17) is 10.5 Å². The normalized spacial score (nSPS) is 29.2. The lowest BCUT2D eigenvalue weighted by molar-refractivity contribution is 0.0748. The third kappa shape index (κ3) is 3.67. The van der Waals surface area contributed by atoms with Gasteiger partial charge in [-0.25, -0.2) is 4.68 Å². The lowest BCUT2D eigenvalue weighted by Crippen LogP contribution is -2.53. The van der Waals surface area contributed by atoms with Gasteiger partial charge in [-0.3, -0.25) is 9.59 Å². The van der Waals surface area contributed by atoms with E-state index in [2.05, 4.69) is 10.4 Å². The van der Waals surface area contributed by atoms with Crippen LogP contribution in [0.25, 0.3) is 0 Å². The van der Waals surface area contributed by atoms with Crippen LogP contribution in [-0.4, -0.2) is 41.5 Å². The Morgan fingerprint density at radius 2 is 2.08 bits per heavy atom. The molecule has 3 rings (SSSR count). The monoisotopic (exact) mass is 334 g/mol. The first-order chi connectivity index (χ1) is 11.6. The molecule has 0 aliphatic heterocycles. The Balaban J connectivity index is 1.72. The van der Waals surface area contributed by atoms with Gasteiger partial charge < -0.3 is 15.8 Å². The fourth-order valence-corrected chi connectivity index (χ4v) is 4.16. The van der Waals surface area contributed by atoms with Gasteiger partial charge in [-0.15, -0.1) is 0 Å². The molecule has 0 aromatic carbocycles. The molecule has 2 bridgehead atoms.